The van der Waals surface area contributed by atoms with Crippen LogP contribution in [0.3, 0.4) is 0 Å². The van der Waals surface area contributed by atoms with E-state index >= 15 is 0 Å². The summed E-state index contributed by atoms with van der Waals surface area (Å²) in [7, 11) is 0. The van der Waals surface area contributed by atoms with E-state index in [-0.39, 0.29) is 6.04 Å². The summed E-state index contributed by atoms with van der Waals surface area (Å²) >= 11 is 1.81. The van der Waals surface area contributed by atoms with E-state index in [2.05, 4.69) is 23.5 Å². The lowest BCUT2D eigenvalue weighted by Crippen LogP contribution is -2.43. The Balaban J connectivity index is 2.29. The molecule has 1 aliphatic rings. The third-order valence-corrected chi connectivity index (χ3v) is 3.70. The van der Waals surface area contributed by atoms with Crippen molar-refractivity contribution in [3.63, 3.8) is 0 Å². The van der Waals surface area contributed by atoms with Gasteiger partial charge in [0.2, 0.25) is 5.96 Å². The predicted molar refractivity (Wildman–Crippen MR) is 59.0 cm³/mol. The molecular formula is C9H14N4S. The van der Waals surface area contributed by atoms with Gasteiger partial charge in [-0.25, -0.2) is 0 Å². The Hall–Kier alpha value is -1.23. The maximum absolute atomic E-state index is 5.72. The Morgan fingerprint density at radius 3 is 3.21 bits per heavy atom. The Labute approximate surface area is 87.2 Å². The molecule has 0 aliphatic carbocycles. The van der Waals surface area contributed by atoms with Crippen molar-refractivity contribution in [3.05, 3.63) is 21.9 Å². The van der Waals surface area contributed by atoms with Gasteiger partial charge in [0, 0.05) is 11.4 Å². The third kappa shape index (κ3) is 1.33. The van der Waals surface area contributed by atoms with Crippen LogP contribution >= 0.6 is 11.3 Å². The van der Waals surface area contributed by atoms with E-state index in [9.17, 15) is 0 Å². The van der Waals surface area contributed by atoms with E-state index in [1.165, 1.54) is 10.4 Å². The Kier molecular flexibility index (Phi) is 2.33. The highest BCUT2D eigenvalue weighted by molar-refractivity contribution is 7.10. The van der Waals surface area contributed by atoms with Crippen LogP contribution < -0.4 is 11.6 Å². The summed E-state index contributed by atoms with van der Waals surface area (Å²) in [4.78, 5) is 3.49. The van der Waals surface area contributed by atoms with Crippen LogP contribution in [0.4, 0.5) is 0 Å². The van der Waals surface area contributed by atoms with Gasteiger partial charge in [0.15, 0.2) is 0 Å². The number of nitrogens with two attached hydrogens (primary N) is 2. The summed E-state index contributed by atoms with van der Waals surface area (Å²) in [6.07, 6.45) is 1.04. The van der Waals surface area contributed by atoms with Crippen molar-refractivity contribution in [2.45, 2.75) is 19.4 Å². The molecule has 1 aliphatic heterocycles. The molecule has 5 heteroatoms. The molecule has 0 radical (unpaired) electrons. The van der Waals surface area contributed by atoms with Crippen LogP contribution in [-0.4, -0.2) is 17.4 Å². The van der Waals surface area contributed by atoms with Gasteiger partial charge in [0.1, 0.15) is 0 Å². The zero-order valence-electron chi connectivity index (χ0n) is 8.10. The lowest BCUT2D eigenvalue weighted by molar-refractivity contribution is 0.317. The number of fused-ring (bicyclic) bond motifs is 1. The number of hydrogen-bond donors (Lipinski definition) is 2. The van der Waals surface area contributed by atoms with Crippen LogP contribution in [-0.2, 0) is 6.42 Å². The largest absolute Gasteiger partial charge is 0.368 e. The second-order valence-corrected chi connectivity index (χ2v) is 4.41. The van der Waals surface area contributed by atoms with E-state index in [4.69, 9.17) is 11.6 Å². The first-order valence-electron chi connectivity index (χ1n) is 4.60. The van der Waals surface area contributed by atoms with Gasteiger partial charge in [-0.3, -0.25) is 0 Å². The molecule has 0 spiro atoms. The van der Waals surface area contributed by atoms with Gasteiger partial charge in [-0.1, -0.05) is 0 Å². The van der Waals surface area contributed by atoms with Crippen LogP contribution in [0.15, 0.2) is 16.5 Å². The molecule has 2 heterocycles. The molecule has 0 saturated carbocycles. The van der Waals surface area contributed by atoms with Crippen molar-refractivity contribution in [1.82, 2.24) is 4.90 Å². The molecule has 0 aromatic carbocycles. The summed E-state index contributed by atoms with van der Waals surface area (Å²) in [6.45, 7) is 3.03. The molecule has 1 aromatic heterocycles. The average Bonchev–Trinajstić information content (AvgIpc) is 2.66. The van der Waals surface area contributed by atoms with Gasteiger partial charge >= 0.3 is 0 Å². The Morgan fingerprint density at radius 1 is 1.71 bits per heavy atom. The number of nitrogens with zero attached hydrogens (tertiary/aromatic N) is 2. The number of thiophene rings is 1. The van der Waals surface area contributed by atoms with E-state index in [0.717, 1.165) is 13.0 Å². The molecule has 76 valence electrons. The quantitative estimate of drug-likeness (QED) is 0.289. The van der Waals surface area contributed by atoms with Gasteiger partial charge < -0.3 is 16.5 Å². The molecular weight excluding hydrogens is 196 g/mol. The zero-order chi connectivity index (χ0) is 10.1. The lowest BCUT2D eigenvalue weighted by atomic mass is 10.0. The van der Waals surface area contributed by atoms with Gasteiger partial charge in [0.05, 0.1) is 6.04 Å². The molecule has 4 N–H and O–H groups in total. The maximum atomic E-state index is 5.72. The molecule has 4 nitrogen and oxygen atoms in total. The highest BCUT2D eigenvalue weighted by atomic mass is 32.1. The molecule has 14 heavy (non-hydrogen) atoms. The van der Waals surface area contributed by atoms with Crippen LogP contribution in [0, 0.1) is 0 Å². The number of rotatable bonds is 0. The predicted octanol–water partition coefficient (Wildman–Crippen LogP) is 0.856. The van der Waals surface area contributed by atoms with Crippen LogP contribution in [0.1, 0.15) is 23.4 Å². The molecule has 1 unspecified atom stereocenters. The Morgan fingerprint density at radius 2 is 2.50 bits per heavy atom. The molecule has 2 rings (SSSR count). The van der Waals surface area contributed by atoms with Gasteiger partial charge in [0.25, 0.3) is 0 Å². The fourth-order valence-electron chi connectivity index (χ4n) is 1.90. The number of guanidine groups is 1. The molecule has 0 saturated heterocycles. The van der Waals surface area contributed by atoms with Gasteiger partial charge in [-0.05, 0) is 30.4 Å². The molecule has 1 aromatic rings. The fourth-order valence-corrected chi connectivity index (χ4v) is 2.86. The molecule has 0 fully saturated rings. The van der Waals surface area contributed by atoms with Crippen LogP contribution in [0.5, 0.6) is 0 Å². The van der Waals surface area contributed by atoms with Crippen molar-refractivity contribution in [1.29, 1.82) is 0 Å². The smallest absolute Gasteiger partial charge is 0.213 e. The first-order chi connectivity index (χ1) is 6.74. The summed E-state index contributed by atoms with van der Waals surface area (Å²) in [5, 5.41) is 5.67. The van der Waals surface area contributed by atoms with Crippen molar-refractivity contribution in [2.24, 2.45) is 16.7 Å². The first-order valence-corrected chi connectivity index (χ1v) is 5.48. The second kappa shape index (κ2) is 3.49. The minimum atomic E-state index is 0.289. The summed E-state index contributed by atoms with van der Waals surface area (Å²) in [5.74, 6) is 5.61. The summed E-state index contributed by atoms with van der Waals surface area (Å²) in [6, 6.07) is 2.44. The highest BCUT2D eigenvalue weighted by Gasteiger charge is 2.25. The van der Waals surface area contributed by atoms with Crippen LogP contribution in [0.25, 0.3) is 0 Å². The average molecular weight is 210 g/mol. The topological polar surface area (TPSA) is 67.6 Å². The monoisotopic (exact) mass is 210 g/mol. The molecule has 0 amide bonds. The maximum Gasteiger partial charge on any atom is 0.213 e. The summed E-state index contributed by atoms with van der Waals surface area (Å²) < 4.78 is 0. The van der Waals surface area contributed by atoms with E-state index in [1.54, 1.807) is 0 Å². The first kappa shape index (κ1) is 9.33. The number of hydrogen-bond acceptors (Lipinski definition) is 3. The fraction of sp³-hybridized carbons (Fsp3) is 0.444. The SMILES string of the molecule is CC1c2ccsc2CCN1C(N)=NN. The highest BCUT2D eigenvalue weighted by Crippen LogP contribution is 2.32. The lowest BCUT2D eigenvalue weighted by Gasteiger charge is -2.33. The minimum Gasteiger partial charge on any atom is -0.368 e. The zero-order valence-corrected chi connectivity index (χ0v) is 8.92. The standard InChI is InChI=1S/C9H14N4S/c1-6-7-3-5-14-8(7)2-4-13(6)9(10)12-11/h3,5-6H,2,4,11H2,1H3,(H2,10,12). The van der Waals surface area contributed by atoms with E-state index < -0.39 is 0 Å². The third-order valence-electron chi connectivity index (χ3n) is 2.70. The normalized spacial score (nSPS) is 22.2. The van der Waals surface area contributed by atoms with E-state index in [1.807, 2.05) is 16.2 Å². The minimum absolute atomic E-state index is 0.289. The summed E-state index contributed by atoms with van der Waals surface area (Å²) in [5.41, 5.74) is 7.07. The van der Waals surface area contributed by atoms with Crippen molar-refractivity contribution < 1.29 is 0 Å². The Bertz CT molecular complexity index is 357. The van der Waals surface area contributed by atoms with Crippen molar-refractivity contribution in [2.75, 3.05) is 6.54 Å². The van der Waals surface area contributed by atoms with Gasteiger partial charge in [-0.2, -0.15) is 0 Å². The molecule has 1 atom stereocenters. The molecule has 0 bridgehead atoms. The van der Waals surface area contributed by atoms with Gasteiger partial charge in [-0.15, -0.1) is 16.4 Å². The second-order valence-electron chi connectivity index (χ2n) is 3.41. The number of hydrazone groups is 1. The van der Waals surface area contributed by atoms with Crippen LogP contribution in [0.2, 0.25) is 0 Å². The van der Waals surface area contributed by atoms with Crippen molar-refractivity contribution >= 4 is 17.3 Å². The van der Waals surface area contributed by atoms with E-state index in [0.29, 0.717) is 5.96 Å². The van der Waals surface area contributed by atoms with Crippen molar-refractivity contribution in [3.8, 4) is 0 Å².